The number of esters is 1. The maximum absolute atomic E-state index is 11.6. The summed E-state index contributed by atoms with van der Waals surface area (Å²) in [6.45, 7) is 16.3. The minimum Gasteiger partial charge on any atom is -0.466 e. The molecule has 0 aliphatic carbocycles. The van der Waals surface area contributed by atoms with Gasteiger partial charge in [-0.05, 0) is 41.5 Å². The van der Waals surface area contributed by atoms with Crippen LogP contribution in [0.2, 0.25) is 0 Å². The highest BCUT2D eigenvalue weighted by Crippen LogP contribution is 2.40. The second-order valence-electron chi connectivity index (χ2n) is 8.34. The molecule has 3 heterocycles. The predicted octanol–water partition coefficient (Wildman–Crippen LogP) is 3.16. The van der Waals surface area contributed by atoms with Crippen LogP contribution in [-0.2, 0) is 38.0 Å². The molecule has 0 spiro atoms. The Hall–Kier alpha value is -0.770. The van der Waals surface area contributed by atoms with Crippen LogP contribution in [0.4, 0.5) is 0 Å². The Balaban J connectivity index is 0.00000145. The van der Waals surface area contributed by atoms with Crippen LogP contribution in [0.5, 0.6) is 0 Å². The van der Waals surface area contributed by atoms with Crippen molar-refractivity contribution in [3.63, 3.8) is 0 Å². The molecule has 0 aromatic carbocycles. The second-order valence-corrected chi connectivity index (χ2v) is 8.34. The smallest absolute Gasteiger partial charge is 0.305 e. The standard InChI is InChI=1S/C19H32O8.C2H6/c1-7-21-14(20)8-9-19(6)23-11-13(25-19)16-15(26-18(4,5)27-16)12-10-22-17(2,3)24-12;1-2/h12-13,15-16H,7-11H2,1-6H3;1-2H3. The molecule has 8 heteroatoms. The van der Waals surface area contributed by atoms with Crippen molar-refractivity contribution in [1.82, 2.24) is 0 Å². The summed E-state index contributed by atoms with van der Waals surface area (Å²) in [6.07, 6.45) is -0.602. The number of rotatable bonds is 6. The van der Waals surface area contributed by atoms with Gasteiger partial charge in [0, 0.05) is 6.42 Å². The van der Waals surface area contributed by atoms with Gasteiger partial charge in [-0.1, -0.05) is 13.8 Å². The van der Waals surface area contributed by atoms with Gasteiger partial charge in [0.15, 0.2) is 17.4 Å². The molecule has 5 unspecified atom stereocenters. The number of carbonyl (C=O) groups excluding carboxylic acids is 1. The SMILES string of the molecule is CC.CCOC(=O)CCC1(C)OCC(C2OC(C)(C)OC2C2COC(C)(C)O2)O1. The Morgan fingerprint density at radius 3 is 1.93 bits per heavy atom. The third-order valence-corrected chi connectivity index (χ3v) is 4.97. The summed E-state index contributed by atoms with van der Waals surface area (Å²) in [4.78, 5) is 11.6. The zero-order chi connectivity index (χ0) is 21.9. The maximum atomic E-state index is 11.6. The van der Waals surface area contributed by atoms with Crippen LogP contribution >= 0.6 is 0 Å². The fourth-order valence-corrected chi connectivity index (χ4v) is 3.77. The van der Waals surface area contributed by atoms with Gasteiger partial charge >= 0.3 is 5.97 Å². The maximum Gasteiger partial charge on any atom is 0.305 e. The van der Waals surface area contributed by atoms with Crippen molar-refractivity contribution in [2.75, 3.05) is 19.8 Å². The summed E-state index contributed by atoms with van der Waals surface area (Å²) in [5, 5.41) is 0. The van der Waals surface area contributed by atoms with Crippen LogP contribution in [0.1, 0.15) is 68.2 Å². The van der Waals surface area contributed by atoms with E-state index in [1.807, 2.05) is 48.5 Å². The first-order valence-electron chi connectivity index (χ1n) is 10.7. The summed E-state index contributed by atoms with van der Waals surface area (Å²) in [5.74, 6) is -2.51. The van der Waals surface area contributed by atoms with Crippen molar-refractivity contribution >= 4 is 5.97 Å². The van der Waals surface area contributed by atoms with Gasteiger partial charge < -0.3 is 33.2 Å². The van der Waals surface area contributed by atoms with Crippen LogP contribution in [0, 0.1) is 0 Å². The van der Waals surface area contributed by atoms with E-state index in [9.17, 15) is 4.79 Å². The van der Waals surface area contributed by atoms with Crippen molar-refractivity contribution in [2.45, 2.75) is 110 Å². The summed E-state index contributed by atoms with van der Waals surface area (Å²) in [7, 11) is 0. The number of hydrogen-bond donors (Lipinski definition) is 0. The number of carbonyl (C=O) groups is 1. The predicted molar refractivity (Wildman–Crippen MR) is 105 cm³/mol. The van der Waals surface area contributed by atoms with Gasteiger partial charge in [0.25, 0.3) is 0 Å². The van der Waals surface area contributed by atoms with Crippen molar-refractivity contribution in [2.24, 2.45) is 0 Å². The molecule has 3 fully saturated rings. The highest BCUT2D eigenvalue weighted by molar-refractivity contribution is 5.69. The molecule has 3 saturated heterocycles. The molecule has 3 aliphatic heterocycles. The van der Waals surface area contributed by atoms with Gasteiger partial charge in [-0.3, -0.25) is 4.79 Å². The molecule has 0 N–H and O–H groups in total. The molecule has 29 heavy (non-hydrogen) atoms. The van der Waals surface area contributed by atoms with E-state index in [2.05, 4.69) is 0 Å². The Bertz CT molecular complexity index is 549. The van der Waals surface area contributed by atoms with E-state index in [0.29, 0.717) is 26.2 Å². The van der Waals surface area contributed by atoms with E-state index in [0.717, 1.165) is 0 Å². The summed E-state index contributed by atoms with van der Waals surface area (Å²) < 4.78 is 40.9. The Morgan fingerprint density at radius 1 is 0.862 bits per heavy atom. The molecule has 0 radical (unpaired) electrons. The van der Waals surface area contributed by atoms with Crippen molar-refractivity contribution in [1.29, 1.82) is 0 Å². The zero-order valence-electron chi connectivity index (χ0n) is 19.1. The van der Waals surface area contributed by atoms with Gasteiger partial charge in [-0.2, -0.15) is 0 Å². The molecule has 3 rings (SSSR count). The first-order chi connectivity index (χ1) is 13.5. The van der Waals surface area contributed by atoms with Crippen LogP contribution in [0.25, 0.3) is 0 Å². The Morgan fingerprint density at radius 2 is 1.41 bits per heavy atom. The highest BCUT2D eigenvalue weighted by atomic mass is 16.8. The minimum atomic E-state index is -0.857. The average molecular weight is 419 g/mol. The normalized spacial score (nSPS) is 37.8. The molecule has 0 aromatic heterocycles. The zero-order valence-corrected chi connectivity index (χ0v) is 19.1. The van der Waals surface area contributed by atoms with Crippen molar-refractivity contribution in [3.05, 3.63) is 0 Å². The molecular formula is C21H38O8. The first kappa shape index (κ1) is 24.5. The van der Waals surface area contributed by atoms with Crippen LogP contribution in [0.3, 0.4) is 0 Å². The van der Waals surface area contributed by atoms with E-state index in [-0.39, 0.29) is 36.8 Å². The lowest BCUT2D eigenvalue weighted by molar-refractivity contribution is -0.187. The molecule has 0 bridgehead atoms. The quantitative estimate of drug-likeness (QED) is 0.609. The fourth-order valence-electron chi connectivity index (χ4n) is 3.77. The molecule has 0 amide bonds. The van der Waals surface area contributed by atoms with E-state index in [1.165, 1.54) is 0 Å². The average Bonchev–Trinajstić information content (AvgIpc) is 3.30. The van der Waals surface area contributed by atoms with Crippen LogP contribution in [0.15, 0.2) is 0 Å². The van der Waals surface area contributed by atoms with Gasteiger partial charge in [0.1, 0.15) is 24.4 Å². The van der Waals surface area contributed by atoms with E-state index in [4.69, 9.17) is 33.2 Å². The van der Waals surface area contributed by atoms with E-state index >= 15 is 0 Å². The lowest BCUT2D eigenvalue weighted by atomic mass is 10.0. The lowest BCUT2D eigenvalue weighted by Gasteiger charge is -2.28. The summed E-state index contributed by atoms with van der Waals surface area (Å²) in [5.41, 5.74) is 0. The monoisotopic (exact) mass is 418 g/mol. The molecule has 0 saturated carbocycles. The second kappa shape index (κ2) is 9.58. The van der Waals surface area contributed by atoms with Gasteiger partial charge in [0.05, 0.1) is 26.2 Å². The van der Waals surface area contributed by atoms with E-state index in [1.54, 1.807) is 6.92 Å². The van der Waals surface area contributed by atoms with Gasteiger partial charge in [0.2, 0.25) is 0 Å². The molecule has 170 valence electrons. The summed E-state index contributed by atoms with van der Waals surface area (Å²) in [6, 6.07) is 0. The molecule has 5 atom stereocenters. The molecule has 0 aromatic rings. The molecule has 3 aliphatic rings. The number of hydrogen-bond acceptors (Lipinski definition) is 8. The third kappa shape index (κ3) is 6.35. The summed E-state index contributed by atoms with van der Waals surface area (Å²) >= 11 is 0. The highest BCUT2D eigenvalue weighted by Gasteiger charge is 2.55. The minimum absolute atomic E-state index is 0.238. The molecule has 8 nitrogen and oxygen atoms in total. The first-order valence-corrected chi connectivity index (χ1v) is 10.7. The Kier molecular flexibility index (Phi) is 8.09. The molecular weight excluding hydrogens is 380 g/mol. The van der Waals surface area contributed by atoms with Crippen LogP contribution in [-0.4, -0.2) is 67.6 Å². The van der Waals surface area contributed by atoms with Gasteiger partial charge in [-0.15, -0.1) is 0 Å². The lowest BCUT2D eigenvalue weighted by Crippen LogP contribution is -2.45. The number of ether oxygens (including phenoxy) is 7. The topological polar surface area (TPSA) is 81.7 Å². The van der Waals surface area contributed by atoms with E-state index < -0.39 is 17.4 Å². The van der Waals surface area contributed by atoms with Crippen molar-refractivity contribution in [3.8, 4) is 0 Å². The van der Waals surface area contributed by atoms with Crippen LogP contribution < -0.4 is 0 Å². The third-order valence-electron chi connectivity index (χ3n) is 4.97. The fraction of sp³-hybridized carbons (Fsp3) is 0.952. The van der Waals surface area contributed by atoms with Gasteiger partial charge in [-0.25, -0.2) is 0 Å². The largest absolute Gasteiger partial charge is 0.466 e. The Labute approximate surface area is 174 Å². The van der Waals surface area contributed by atoms with Crippen molar-refractivity contribution < 1.29 is 38.0 Å².